The van der Waals surface area contributed by atoms with Crippen LogP contribution in [-0.2, 0) is 0 Å². The summed E-state index contributed by atoms with van der Waals surface area (Å²) in [4.78, 5) is 12.5. The van der Waals surface area contributed by atoms with E-state index in [2.05, 4.69) is 0 Å². The van der Waals surface area contributed by atoms with Crippen molar-refractivity contribution in [2.45, 2.75) is 13.8 Å². The number of carbonyl (C=O) groups excluding carboxylic acids is 1. The van der Waals surface area contributed by atoms with Crippen LogP contribution in [0.1, 0.15) is 12.5 Å². The highest BCUT2D eigenvalue weighted by atomic mass is 16.2. The van der Waals surface area contributed by atoms with Gasteiger partial charge in [0.15, 0.2) is 0 Å². The van der Waals surface area contributed by atoms with Gasteiger partial charge in [-0.1, -0.05) is 12.1 Å². The SMILES string of the molecule is CCN(C(N)=O)c1cccc(C)c1N. The molecular formula is C10H15N3O. The molecule has 0 saturated carbocycles. The quantitative estimate of drug-likeness (QED) is 0.698. The first-order chi connectivity index (χ1) is 6.57. The largest absolute Gasteiger partial charge is 0.397 e. The fraction of sp³-hybridized carbons (Fsp3) is 0.300. The zero-order valence-electron chi connectivity index (χ0n) is 8.45. The summed E-state index contributed by atoms with van der Waals surface area (Å²) in [5.74, 6) is 0. The van der Waals surface area contributed by atoms with E-state index < -0.39 is 6.03 Å². The highest BCUT2D eigenvalue weighted by Crippen LogP contribution is 2.25. The number of para-hydroxylation sites is 1. The molecule has 14 heavy (non-hydrogen) atoms. The number of nitrogen functional groups attached to an aromatic ring is 1. The monoisotopic (exact) mass is 193 g/mol. The predicted molar refractivity (Wildman–Crippen MR) is 58.2 cm³/mol. The Hall–Kier alpha value is -1.71. The van der Waals surface area contributed by atoms with Gasteiger partial charge in [0, 0.05) is 6.54 Å². The number of primary amides is 1. The number of nitrogens with two attached hydrogens (primary N) is 2. The molecule has 0 aromatic heterocycles. The van der Waals surface area contributed by atoms with Crippen LogP contribution in [0.3, 0.4) is 0 Å². The van der Waals surface area contributed by atoms with E-state index >= 15 is 0 Å². The maximum atomic E-state index is 11.1. The van der Waals surface area contributed by atoms with Crippen molar-refractivity contribution in [3.63, 3.8) is 0 Å². The number of hydrogen-bond acceptors (Lipinski definition) is 2. The second kappa shape index (κ2) is 4.00. The van der Waals surface area contributed by atoms with Gasteiger partial charge in [-0.3, -0.25) is 4.90 Å². The predicted octanol–water partition coefficient (Wildman–Crippen LogP) is 1.48. The Labute approximate surface area is 83.5 Å². The highest BCUT2D eigenvalue weighted by molar-refractivity contribution is 5.94. The molecule has 4 heteroatoms. The number of hydrogen-bond donors (Lipinski definition) is 2. The lowest BCUT2D eigenvalue weighted by Crippen LogP contribution is -2.36. The summed E-state index contributed by atoms with van der Waals surface area (Å²) in [6.45, 7) is 4.27. The second-order valence-electron chi connectivity index (χ2n) is 3.09. The molecular weight excluding hydrogens is 178 g/mol. The normalized spacial score (nSPS) is 9.86. The van der Waals surface area contributed by atoms with Gasteiger partial charge in [0.1, 0.15) is 0 Å². The number of carbonyl (C=O) groups is 1. The Morgan fingerprint density at radius 3 is 2.64 bits per heavy atom. The Kier molecular flexibility index (Phi) is 2.96. The van der Waals surface area contributed by atoms with E-state index in [9.17, 15) is 4.79 Å². The number of nitrogens with zero attached hydrogens (tertiary/aromatic N) is 1. The zero-order valence-corrected chi connectivity index (χ0v) is 8.45. The number of aryl methyl sites for hydroxylation is 1. The molecule has 0 aliphatic rings. The summed E-state index contributed by atoms with van der Waals surface area (Å²) < 4.78 is 0. The molecule has 1 aromatic rings. The third kappa shape index (κ3) is 1.79. The summed E-state index contributed by atoms with van der Waals surface area (Å²) in [5, 5.41) is 0. The van der Waals surface area contributed by atoms with Crippen LogP contribution in [-0.4, -0.2) is 12.6 Å². The molecule has 0 atom stereocenters. The standard InChI is InChI=1S/C10H15N3O/c1-3-13(10(12)14)8-6-4-5-7(2)9(8)11/h4-6H,3,11H2,1-2H3,(H2,12,14). The average Bonchev–Trinajstić information content (AvgIpc) is 2.13. The molecule has 0 spiro atoms. The Balaban J connectivity index is 3.16. The van der Waals surface area contributed by atoms with Gasteiger partial charge in [0.2, 0.25) is 0 Å². The molecule has 0 heterocycles. The molecule has 0 saturated heterocycles. The van der Waals surface area contributed by atoms with Crippen LogP contribution in [0.25, 0.3) is 0 Å². The van der Waals surface area contributed by atoms with Gasteiger partial charge in [-0.05, 0) is 25.5 Å². The van der Waals surface area contributed by atoms with Gasteiger partial charge in [-0.25, -0.2) is 4.79 Å². The number of anilines is 2. The zero-order chi connectivity index (χ0) is 10.7. The van der Waals surface area contributed by atoms with Crippen LogP contribution in [0.4, 0.5) is 16.2 Å². The lowest BCUT2D eigenvalue weighted by atomic mass is 10.1. The van der Waals surface area contributed by atoms with Crippen molar-refractivity contribution in [1.82, 2.24) is 0 Å². The van der Waals surface area contributed by atoms with Crippen LogP contribution in [0.2, 0.25) is 0 Å². The van der Waals surface area contributed by atoms with E-state index in [4.69, 9.17) is 11.5 Å². The third-order valence-electron chi connectivity index (χ3n) is 2.17. The summed E-state index contributed by atoms with van der Waals surface area (Å²) in [6.07, 6.45) is 0. The molecule has 0 radical (unpaired) electrons. The lowest BCUT2D eigenvalue weighted by Gasteiger charge is -2.20. The van der Waals surface area contributed by atoms with E-state index in [0.717, 1.165) is 5.56 Å². The summed E-state index contributed by atoms with van der Waals surface area (Å²) in [7, 11) is 0. The molecule has 1 rings (SSSR count). The summed E-state index contributed by atoms with van der Waals surface area (Å²) >= 11 is 0. The number of urea groups is 1. The Morgan fingerprint density at radius 1 is 1.50 bits per heavy atom. The van der Waals surface area contributed by atoms with Crippen molar-refractivity contribution in [2.75, 3.05) is 17.2 Å². The van der Waals surface area contributed by atoms with Gasteiger partial charge < -0.3 is 11.5 Å². The van der Waals surface area contributed by atoms with Gasteiger partial charge in [-0.15, -0.1) is 0 Å². The summed E-state index contributed by atoms with van der Waals surface area (Å²) in [6, 6.07) is 5.06. The lowest BCUT2D eigenvalue weighted by molar-refractivity contribution is 0.254. The average molecular weight is 193 g/mol. The first kappa shape index (κ1) is 10.4. The van der Waals surface area contributed by atoms with E-state index in [1.807, 2.05) is 26.0 Å². The third-order valence-corrected chi connectivity index (χ3v) is 2.17. The van der Waals surface area contributed by atoms with E-state index in [1.54, 1.807) is 6.07 Å². The molecule has 0 bridgehead atoms. The fourth-order valence-electron chi connectivity index (χ4n) is 1.35. The highest BCUT2D eigenvalue weighted by Gasteiger charge is 2.13. The van der Waals surface area contributed by atoms with Gasteiger partial charge >= 0.3 is 6.03 Å². The maximum Gasteiger partial charge on any atom is 0.319 e. The first-order valence-electron chi connectivity index (χ1n) is 4.50. The van der Waals surface area contributed by atoms with Crippen molar-refractivity contribution >= 4 is 17.4 Å². The minimum atomic E-state index is -0.482. The molecule has 4 nitrogen and oxygen atoms in total. The van der Waals surface area contributed by atoms with Crippen LogP contribution in [0.5, 0.6) is 0 Å². The molecule has 0 fully saturated rings. The summed E-state index contributed by atoms with van der Waals surface area (Å²) in [5.41, 5.74) is 13.3. The molecule has 0 aliphatic carbocycles. The number of amides is 2. The number of benzene rings is 1. The van der Waals surface area contributed by atoms with Crippen molar-refractivity contribution in [3.05, 3.63) is 23.8 Å². The van der Waals surface area contributed by atoms with Crippen molar-refractivity contribution in [2.24, 2.45) is 5.73 Å². The van der Waals surface area contributed by atoms with Crippen molar-refractivity contribution < 1.29 is 4.79 Å². The van der Waals surface area contributed by atoms with E-state index in [1.165, 1.54) is 4.90 Å². The fourth-order valence-corrected chi connectivity index (χ4v) is 1.35. The first-order valence-corrected chi connectivity index (χ1v) is 4.50. The van der Waals surface area contributed by atoms with Crippen LogP contribution in [0.15, 0.2) is 18.2 Å². The molecule has 1 aromatic carbocycles. The number of rotatable bonds is 2. The topological polar surface area (TPSA) is 72.3 Å². The van der Waals surface area contributed by atoms with Crippen LogP contribution in [0, 0.1) is 6.92 Å². The second-order valence-corrected chi connectivity index (χ2v) is 3.09. The van der Waals surface area contributed by atoms with Crippen molar-refractivity contribution in [3.8, 4) is 0 Å². The van der Waals surface area contributed by atoms with Gasteiger partial charge in [0.05, 0.1) is 11.4 Å². The molecule has 0 unspecified atom stereocenters. The minimum Gasteiger partial charge on any atom is -0.397 e. The molecule has 2 amide bonds. The van der Waals surface area contributed by atoms with E-state index in [-0.39, 0.29) is 0 Å². The van der Waals surface area contributed by atoms with Crippen LogP contribution < -0.4 is 16.4 Å². The van der Waals surface area contributed by atoms with Crippen molar-refractivity contribution in [1.29, 1.82) is 0 Å². The van der Waals surface area contributed by atoms with Gasteiger partial charge in [-0.2, -0.15) is 0 Å². The smallest absolute Gasteiger partial charge is 0.319 e. The van der Waals surface area contributed by atoms with Crippen LogP contribution >= 0.6 is 0 Å². The Bertz CT molecular complexity index is 349. The van der Waals surface area contributed by atoms with Gasteiger partial charge in [0.25, 0.3) is 0 Å². The minimum absolute atomic E-state index is 0.482. The Morgan fingerprint density at radius 2 is 2.14 bits per heavy atom. The molecule has 0 aliphatic heterocycles. The molecule has 76 valence electrons. The molecule has 4 N–H and O–H groups in total. The maximum absolute atomic E-state index is 11.1. The van der Waals surface area contributed by atoms with E-state index in [0.29, 0.717) is 17.9 Å².